The largest absolute Gasteiger partial charge is 0.481 e. The molecule has 1 atom stereocenters. The fraction of sp³-hybridized carbons (Fsp3) is 0.231. The van der Waals surface area contributed by atoms with Gasteiger partial charge in [-0.3, -0.25) is 19.7 Å². The molecule has 0 saturated heterocycles. The molecule has 2 aromatic rings. The summed E-state index contributed by atoms with van der Waals surface area (Å²) in [5, 5.41) is 13.8. The van der Waals surface area contributed by atoms with Gasteiger partial charge >= 0.3 is 5.97 Å². The second-order valence-electron chi connectivity index (χ2n) is 4.59. The van der Waals surface area contributed by atoms with Crippen molar-refractivity contribution < 1.29 is 19.5 Å². The van der Waals surface area contributed by atoms with E-state index in [4.69, 9.17) is 5.11 Å². The van der Waals surface area contributed by atoms with Gasteiger partial charge in [-0.25, -0.2) is 4.98 Å². The number of fused-ring (bicyclic) bond motifs is 1. The number of nitrogens with one attached hydrogen (secondary N) is 1. The number of thiazole rings is 1. The molecule has 0 radical (unpaired) electrons. The number of hydrogen-bond donors (Lipinski definition) is 2. The summed E-state index contributed by atoms with van der Waals surface area (Å²) >= 11 is 2.41. The maximum absolute atomic E-state index is 11.9. The number of rotatable bonds is 3. The van der Waals surface area contributed by atoms with Crippen molar-refractivity contribution in [1.82, 2.24) is 4.98 Å². The first-order chi connectivity index (χ1) is 10.0. The number of carbonyl (C=O) groups is 3. The highest BCUT2D eigenvalue weighted by molar-refractivity contribution is 7.18. The van der Waals surface area contributed by atoms with E-state index in [2.05, 4.69) is 10.3 Å². The Labute approximate surface area is 127 Å². The summed E-state index contributed by atoms with van der Waals surface area (Å²) in [4.78, 5) is 40.1. The fourth-order valence-corrected chi connectivity index (χ4v) is 3.68. The monoisotopic (exact) mass is 322 g/mol. The van der Waals surface area contributed by atoms with E-state index in [0.717, 1.165) is 11.3 Å². The minimum Gasteiger partial charge on any atom is -0.481 e. The first-order valence-electron chi connectivity index (χ1n) is 6.15. The average Bonchev–Trinajstić information content (AvgIpc) is 3.06. The molecule has 2 aromatic heterocycles. The van der Waals surface area contributed by atoms with E-state index >= 15 is 0 Å². The van der Waals surface area contributed by atoms with Gasteiger partial charge in [0.05, 0.1) is 21.4 Å². The van der Waals surface area contributed by atoms with Gasteiger partial charge < -0.3 is 5.11 Å². The van der Waals surface area contributed by atoms with Gasteiger partial charge in [-0.05, 0) is 11.4 Å². The first-order valence-corrected chi connectivity index (χ1v) is 7.85. The number of anilines is 1. The van der Waals surface area contributed by atoms with Crippen molar-refractivity contribution >= 4 is 45.5 Å². The van der Waals surface area contributed by atoms with Crippen LogP contribution in [0.2, 0.25) is 0 Å². The molecule has 0 saturated carbocycles. The molecule has 2 N–H and O–H groups in total. The van der Waals surface area contributed by atoms with E-state index in [1.807, 2.05) is 0 Å². The van der Waals surface area contributed by atoms with Crippen LogP contribution in [-0.2, 0) is 11.2 Å². The third kappa shape index (κ3) is 2.72. The second kappa shape index (κ2) is 5.38. The Hall–Kier alpha value is -2.06. The number of thiophene rings is 1. The van der Waals surface area contributed by atoms with Crippen LogP contribution < -0.4 is 5.32 Å². The summed E-state index contributed by atoms with van der Waals surface area (Å²) in [7, 11) is 0. The van der Waals surface area contributed by atoms with E-state index in [-0.39, 0.29) is 24.5 Å². The standard InChI is InChI=1S/C13H10N2O4S2/c16-8-5-6(12(18)19)4-7-10(8)21-13(14-7)15-11(17)9-2-1-3-20-9/h1-3,6H,4-5H2,(H,18,19)(H,14,15,17)/t6-/m0/s1. The minimum atomic E-state index is -0.994. The molecule has 0 unspecified atom stereocenters. The van der Waals surface area contributed by atoms with E-state index in [1.54, 1.807) is 17.5 Å². The fourth-order valence-electron chi connectivity index (χ4n) is 2.12. The molecule has 3 rings (SSSR count). The van der Waals surface area contributed by atoms with Crippen LogP contribution in [-0.4, -0.2) is 27.8 Å². The summed E-state index contributed by atoms with van der Waals surface area (Å²) < 4.78 is 0. The van der Waals surface area contributed by atoms with Gasteiger partial charge in [0, 0.05) is 12.8 Å². The number of carbonyl (C=O) groups excluding carboxylic acids is 2. The van der Waals surface area contributed by atoms with Crippen LogP contribution in [0.3, 0.4) is 0 Å². The van der Waals surface area contributed by atoms with Crippen LogP contribution >= 0.6 is 22.7 Å². The van der Waals surface area contributed by atoms with Gasteiger partial charge in [-0.1, -0.05) is 17.4 Å². The molecule has 1 amide bonds. The Bertz CT molecular complexity index is 721. The van der Waals surface area contributed by atoms with Gasteiger partial charge in [0.2, 0.25) is 0 Å². The third-order valence-corrected chi connectivity index (χ3v) is 5.06. The summed E-state index contributed by atoms with van der Waals surface area (Å²) in [6.07, 6.45) is 0.213. The van der Waals surface area contributed by atoms with Crippen molar-refractivity contribution in [2.45, 2.75) is 12.8 Å². The number of carboxylic acids is 1. The zero-order chi connectivity index (χ0) is 15.0. The summed E-state index contributed by atoms with van der Waals surface area (Å²) in [5.74, 6) is -2.23. The minimum absolute atomic E-state index is 0.0111. The number of amides is 1. The SMILES string of the molecule is O=C(Nc1nc2c(s1)C(=O)C[C@@H](C(=O)O)C2)c1cccs1. The number of Topliss-reactive ketones (excluding diaryl/α,β-unsaturated/α-hetero) is 1. The summed E-state index contributed by atoms with van der Waals surface area (Å²) in [6, 6.07) is 3.46. The number of aromatic nitrogens is 1. The van der Waals surface area contributed by atoms with E-state index in [1.165, 1.54) is 11.3 Å². The molecule has 0 aliphatic heterocycles. The van der Waals surface area contributed by atoms with Crippen LogP contribution in [0.25, 0.3) is 0 Å². The number of nitrogens with zero attached hydrogens (tertiary/aromatic N) is 1. The zero-order valence-corrected chi connectivity index (χ0v) is 12.3. The average molecular weight is 322 g/mol. The second-order valence-corrected chi connectivity index (χ2v) is 6.54. The van der Waals surface area contributed by atoms with E-state index < -0.39 is 11.9 Å². The first kappa shape index (κ1) is 13.9. The van der Waals surface area contributed by atoms with Crippen molar-refractivity contribution in [3.05, 3.63) is 33.0 Å². The maximum atomic E-state index is 11.9. The van der Waals surface area contributed by atoms with Gasteiger partial charge in [0.15, 0.2) is 10.9 Å². The van der Waals surface area contributed by atoms with Crippen LogP contribution in [0.15, 0.2) is 17.5 Å². The highest BCUT2D eigenvalue weighted by Gasteiger charge is 2.33. The molecule has 1 aliphatic rings. The molecule has 0 aromatic carbocycles. The quantitative estimate of drug-likeness (QED) is 0.903. The lowest BCUT2D eigenvalue weighted by Crippen LogP contribution is -2.25. The Morgan fingerprint density at radius 3 is 2.86 bits per heavy atom. The smallest absolute Gasteiger partial charge is 0.307 e. The number of hydrogen-bond acceptors (Lipinski definition) is 6. The third-order valence-electron chi connectivity index (χ3n) is 3.14. The predicted octanol–water partition coefficient (Wildman–Crippen LogP) is 2.29. The highest BCUT2D eigenvalue weighted by Crippen LogP contribution is 2.32. The topological polar surface area (TPSA) is 96.4 Å². The van der Waals surface area contributed by atoms with Crippen molar-refractivity contribution in [3.63, 3.8) is 0 Å². The molecule has 8 heteroatoms. The molecule has 0 bridgehead atoms. The lowest BCUT2D eigenvalue weighted by Gasteiger charge is -2.15. The lowest BCUT2D eigenvalue weighted by molar-refractivity contribution is -0.141. The van der Waals surface area contributed by atoms with E-state index in [9.17, 15) is 14.4 Å². The molecular formula is C13H10N2O4S2. The molecule has 1 aliphatic carbocycles. The Balaban J connectivity index is 1.81. The molecule has 21 heavy (non-hydrogen) atoms. The van der Waals surface area contributed by atoms with Gasteiger partial charge in [0.25, 0.3) is 5.91 Å². The van der Waals surface area contributed by atoms with Crippen LogP contribution in [0.5, 0.6) is 0 Å². The van der Waals surface area contributed by atoms with Gasteiger partial charge in [-0.15, -0.1) is 11.3 Å². The molecule has 6 nitrogen and oxygen atoms in total. The van der Waals surface area contributed by atoms with Crippen molar-refractivity contribution in [2.24, 2.45) is 5.92 Å². The number of aliphatic carboxylic acids is 1. The maximum Gasteiger partial charge on any atom is 0.307 e. The molecule has 0 fully saturated rings. The van der Waals surface area contributed by atoms with Crippen molar-refractivity contribution in [1.29, 1.82) is 0 Å². The zero-order valence-electron chi connectivity index (χ0n) is 10.7. The molecular weight excluding hydrogens is 312 g/mol. The Kier molecular flexibility index (Phi) is 3.56. The van der Waals surface area contributed by atoms with Crippen LogP contribution in [0, 0.1) is 5.92 Å². The Morgan fingerprint density at radius 2 is 2.19 bits per heavy atom. The number of ketones is 1. The lowest BCUT2D eigenvalue weighted by atomic mass is 9.90. The summed E-state index contributed by atoms with van der Waals surface area (Å²) in [6.45, 7) is 0. The van der Waals surface area contributed by atoms with E-state index in [0.29, 0.717) is 20.6 Å². The molecule has 2 heterocycles. The normalized spacial score (nSPS) is 17.3. The van der Waals surface area contributed by atoms with Gasteiger partial charge in [0.1, 0.15) is 0 Å². The number of carboxylic acid groups (broad SMARTS) is 1. The summed E-state index contributed by atoms with van der Waals surface area (Å²) in [5.41, 5.74) is 0.463. The van der Waals surface area contributed by atoms with Crippen molar-refractivity contribution in [3.8, 4) is 0 Å². The van der Waals surface area contributed by atoms with Gasteiger partial charge in [-0.2, -0.15) is 0 Å². The van der Waals surface area contributed by atoms with Crippen LogP contribution in [0.1, 0.15) is 31.5 Å². The van der Waals surface area contributed by atoms with Crippen molar-refractivity contribution in [2.75, 3.05) is 5.32 Å². The molecule has 108 valence electrons. The molecule has 0 spiro atoms. The Morgan fingerprint density at radius 1 is 1.38 bits per heavy atom. The highest BCUT2D eigenvalue weighted by atomic mass is 32.1. The van der Waals surface area contributed by atoms with Crippen LogP contribution in [0.4, 0.5) is 5.13 Å². The predicted molar refractivity (Wildman–Crippen MR) is 78.2 cm³/mol.